The molecule has 1 fully saturated rings. The molecule has 0 saturated carbocycles. The van der Waals surface area contributed by atoms with Gasteiger partial charge in [-0.3, -0.25) is 0 Å². The molecule has 1 aliphatic rings. The van der Waals surface area contributed by atoms with E-state index < -0.39 is 5.60 Å². The van der Waals surface area contributed by atoms with E-state index in [0.29, 0.717) is 18.5 Å². The van der Waals surface area contributed by atoms with Crippen LogP contribution in [0, 0.1) is 17.8 Å². The minimum Gasteiger partial charge on any atom is -0.377 e. The first-order valence-electron chi connectivity index (χ1n) is 5.11. The van der Waals surface area contributed by atoms with Crippen LogP contribution in [0.25, 0.3) is 0 Å². The third-order valence-corrected chi connectivity index (χ3v) is 3.06. The molecule has 0 amide bonds. The third kappa shape index (κ3) is 2.17. The van der Waals surface area contributed by atoms with Crippen LogP contribution in [0.1, 0.15) is 27.2 Å². The van der Waals surface area contributed by atoms with Gasteiger partial charge in [-0.05, 0) is 19.9 Å². The molecule has 1 saturated heterocycles. The van der Waals surface area contributed by atoms with Gasteiger partial charge in [0.15, 0.2) is 0 Å². The molecular weight excluding hydrogens is 174 g/mol. The second-order valence-corrected chi connectivity index (χ2v) is 4.25. The fourth-order valence-electron chi connectivity index (χ4n) is 2.06. The van der Waals surface area contributed by atoms with Crippen molar-refractivity contribution in [2.45, 2.75) is 44.9 Å². The molecule has 14 heavy (non-hydrogen) atoms. The fourth-order valence-corrected chi connectivity index (χ4v) is 2.06. The fraction of sp³-hybridized carbons (Fsp3) is 0.667. The zero-order valence-electron chi connectivity index (χ0n) is 9.17. The van der Waals surface area contributed by atoms with Crippen LogP contribution >= 0.6 is 0 Å². The molecule has 0 aliphatic carbocycles. The lowest BCUT2D eigenvalue weighted by Crippen LogP contribution is -2.56. The number of hydrogen-bond acceptors (Lipinski definition) is 2. The predicted octanol–water partition coefficient (Wildman–Crippen LogP) is 1.31. The molecule has 0 aromatic rings. The molecular formula is C12H19NO. The molecule has 1 rings (SSSR count). The first kappa shape index (κ1) is 11.3. The van der Waals surface area contributed by atoms with Crippen LogP contribution in [-0.2, 0) is 0 Å². The van der Waals surface area contributed by atoms with Crippen LogP contribution < -0.4 is 5.32 Å². The van der Waals surface area contributed by atoms with Gasteiger partial charge in [-0.1, -0.05) is 25.3 Å². The summed E-state index contributed by atoms with van der Waals surface area (Å²) < 4.78 is 0. The molecule has 0 bridgehead atoms. The zero-order chi connectivity index (χ0) is 10.8. The summed E-state index contributed by atoms with van der Waals surface area (Å²) in [6.45, 7) is 9.72. The molecule has 0 aromatic carbocycles. The number of hydrogen-bond donors (Lipinski definition) is 2. The molecule has 0 unspecified atom stereocenters. The lowest BCUT2D eigenvalue weighted by molar-refractivity contribution is -0.0117. The average Bonchev–Trinajstić information content (AvgIpc) is 2.11. The summed E-state index contributed by atoms with van der Waals surface area (Å²) in [5.74, 6) is 5.82. The first-order valence-corrected chi connectivity index (χ1v) is 5.11. The minimum absolute atomic E-state index is 0.145. The van der Waals surface area contributed by atoms with Gasteiger partial charge in [0.25, 0.3) is 0 Å². The molecule has 2 heteroatoms. The summed E-state index contributed by atoms with van der Waals surface area (Å²) in [4.78, 5) is 0. The van der Waals surface area contributed by atoms with Gasteiger partial charge in [-0.2, -0.15) is 0 Å². The Hall–Kier alpha value is -0.780. The monoisotopic (exact) mass is 193 g/mol. The molecule has 2 nitrogen and oxygen atoms in total. The Morgan fingerprint density at radius 1 is 1.50 bits per heavy atom. The van der Waals surface area contributed by atoms with Crippen molar-refractivity contribution in [3.05, 3.63) is 12.7 Å². The second kappa shape index (κ2) is 4.16. The topological polar surface area (TPSA) is 32.3 Å². The molecule has 0 aromatic heterocycles. The Morgan fingerprint density at radius 3 is 2.71 bits per heavy atom. The maximum Gasteiger partial charge on any atom is 0.131 e. The lowest BCUT2D eigenvalue weighted by atomic mass is 9.76. The SMILES string of the molecule is C=CC#C[C@]1(O)C[C@H](C)N[C@H](C)[C@@H]1C. The van der Waals surface area contributed by atoms with E-state index in [1.165, 1.54) is 6.08 Å². The highest BCUT2D eigenvalue weighted by molar-refractivity contribution is 5.24. The highest BCUT2D eigenvalue weighted by atomic mass is 16.3. The van der Waals surface area contributed by atoms with Crippen molar-refractivity contribution in [2.75, 3.05) is 0 Å². The van der Waals surface area contributed by atoms with E-state index in [2.05, 4.69) is 37.6 Å². The Balaban J connectivity index is 2.88. The summed E-state index contributed by atoms with van der Waals surface area (Å²) in [6.07, 6.45) is 2.21. The zero-order valence-corrected chi connectivity index (χ0v) is 9.17. The summed E-state index contributed by atoms with van der Waals surface area (Å²) in [6, 6.07) is 0.605. The third-order valence-electron chi connectivity index (χ3n) is 3.06. The smallest absolute Gasteiger partial charge is 0.131 e. The highest BCUT2D eigenvalue weighted by Gasteiger charge is 2.41. The Bertz CT molecular complexity index is 276. The Labute approximate surface area is 86.4 Å². The van der Waals surface area contributed by atoms with E-state index in [1.807, 2.05) is 6.92 Å². The van der Waals surface area contributed by atoms with Gasteiger partial charge in [0.2, 0.25) is 0 Å². The van der Waals surface area contributed by atoms with Gasteiger partial charge >= 0.3 is 0 Å². The van der Waals surface area contributed by atoms with Crippen molar-refractivity contribution < 1.29 is 5.11 Å². The molecule has 0 spiro atoms. The van der Waals surface area contributed by atoms with E-state index in [1.54, 1.807) is 0 Å². The van der Waals surface area contributed by atoms with E-state index in [9.17, 15) is 5.11 Å². The molecule has 78 valence electrons. The summed E-state index contributed by atoms with van der Waals surface area (Å²) in [5.41, 5.74) is -0.863. The molecule has 4 atom stereocenters. The largest absolute Gasteiger partial charge is 0.377 e. The van der Waals surface area contributed by atoms with Gasteiger partial charge in [0.05, 0.1) is 0 Å². The summed E-state index contributed by atoms with van der Waals surface area (Å²) in [7, 11) is 0. The predicted molar refractivity (Wildman–Crippen MR) is 58.8 cm³/mol. The average molecular weight is 193 g/mol. The van der Waals surface area contributed by atoms with Crippen LogP contribution in [0.15, 0.2) is 12.7 Å². The molecule has 0 radical (unpaired) electrons. The number of nitrogens with one attached hydrogen (secondary N) is 1. The number of piperidine rings is 1. The Morgan fingerprint density at radius 2 is 2.14 bits per heavy atom. The van der Waals surface area contributed by atoms with Gasteiger partial charge in [-0.15, -0.1) is 0 Å². The van der Waals surface area contributed by atoms with Gasteiger partial charge in [0, 0.05) is 24.4 Å². The van der Waals surface area contributed by atoms with Gasteiger partial charge in [-0.25, -0.2) is 0 Å². The van der Waals surface area contributed by atoms with Crippen molar-refractivity contribution in [3.63, 3.8) is 0 Å². The molecule has 1 aliphatic heterocycles. The van der Waals surface area contributed by atoms with Crippen LogP contribution in [0.4, 0.5) is 0 Å². The van der Waals surface area contributed by atoms with E-state index >= 15 is 0 Å². The molecule has 2 N–H and O–H groups in total. The van der Waals surface area contributed by atoms with Crippen LogP contribution in [-0.4, -0.2) is 22.8 Å². The first-order chi connectivity index (χ1) is 6.49. The lowest BCUT2D eigenvalue weighted by Gasteiger charge is -2.42. The van der Waals surface area contributed by atoms with E-state index in [4.69, 9.17) is 0 Å². The van der Waals surface area contributed by atoms with Crippen molar-refractivity contribution in [3.8, 4) is 11.8 Å². The van der Waals surface area contributed by atoms with Crippen molar-refractivity contribution in [2.24, 2.45) is 5.92 Å². The Kier molecular flexibility index (Phi) is 3.36. The van der Waals surface area contributed by atoms with Crippen LogP contribution in [0.3, 0.4) is 0 Å². The van der Waals surface area contributed by atoms with Crippen LogP contribution in [0.5, 0.6) is 0 Å². The standard InChI is InChI=1S/C12H19NO/c1-5-6-7-12(14)8-9(2)13-11(4)10(12)3/h5,9-11,13-14H,1,8H2,2-4H3/t9-,10-,11+,12-/m0/s1. The van der Waals surface area contributed by atoms with E-state index in [-0.39, 0.29) is 5.92 Å². The van der Waals surface area contributed by atoms with E-state index in [0.717, 1.165) is 0 Å². The second-order valence-electron chi connectivity index (χ2n) is 4.25. The van der Waals surface area contributed by atoms with Gasteiger partial charge in [0.1, 0.15) is 5.60 Å². The van der Waals surface area contributed by atoms with Crippen molar-refractivity contribution in [1.29, 1.82) is 0 Å². The summed E-state index contributed by atoms with van der Waals surface area (Å²) >= 11 is 0. The number of rotatable bonds is 0. The number of allylic oxidation sites excluding steroid dienone is 1. The normalized spacial score (nSPS) is 42.4. The summed E-state index contributed by atoms with van der Waals surface area (Å²) in [5, 5.41) is 13.8. The maximum absolute atomic E-state index is 10.4. The number of aliphatic hydroxyl groups is 1. The molecule has 1 heterocycles. The maximum atomic E-state index is 10.4. The van der Waals surface area contributed by atoms with Crippen LogP contribution in [0.2, 0.25) is 0 Å². The quantitative estimate of drug-likeness (QED) is 0.569. The highest BCUT2D eigenvalue weighted by Crippen LogP contribution is 2.29. The van der Waals surface area contributed by atoms with Crippen molar-refractivity contribution in [1.82, 2.24) is 5.32 Å². The van der Waals surface area contributed by atoms with Crippen molar-refractivity contribution >= 4 is 0 Å². The van der Waals surface area contributed by atoms with Gasteiger partial charge < -0.3 is 10.4 Å². The minimum atomic E-state index is -0.863.